The van der Waals surface area contributed by atoms with Gasteiger partial charge in [0.1, 0.15) is 0 Å². The molecule has 7 N–H and O–H groups in total. The van der Waals surface area contributed by atoms with Crippen LogP contribution in [-0.4, -0.2) is 85.2 Å². The molecule has 0 radical (unpaired) electrons. The van der Waals surface area contributed by atoms with E-state index in [1.165, 1.54) is 0 Å². The first-order chi connectivity index (χ1) is 7.56. The number of aliphatic carboxylic acids is 1. The number of aliphatic hydroxyl groups is 4. The molecule has 0 saturated heterocycles. The maximum atomic E-state index is 10.3. The normalized spacial score (nSPS) is 19.4. The summed E-state index contributed by atoms with van der Waals surface area (Å²) < 4.78 is 30.9. The van der Waals surface area contributed by atoms with Gasteiger partial charge < -0.3 is 0 Å². The fourth-order valence-corrected chi connectivity index (χ4v) is 1.56. The monoisotopic (exact) mass is 320 g/mol. The topological polar surface area (TPSA) is 185 Å². The van der Waals surface area contributed by atoms with E-state index in [0.29, 0.717) is 0 Å². The van der Waals surface area contributed by atoms with Crippen LogP contribution in [0.2, 0.25) is 0 Å². The summed E-state index contributed by atoms with van der Waals surface area (Å²) in [5.74, 6) is -1.83. The minimum atomic E-state index is -5.45. The summed E-state index contributed by atoms with van der Waals surface area (Å²) in [6.45, 7) is -1.02. The fraction of sp³-hybridized carbons (Fsp3) is 0.833. The number of carboxylic acids is 1. The molecule has 0 aliphatic rings. The molecule has 0 fully saturated rings. The number of rotatable bonds is 7. The molecule has 17 heavy (non-hydrogen) atoms. The third-order valence-corrected chi connectivity index (χ3v) is 2.75. The van der Waals surface area contributed by atoms with E-state index in [2.05, 4.69) is 3.73 Å². The molecule has 0 aromatic carbocycles. The van der Waals surface area contributed by atoms with Gasteiger partial charge in [0.2, 0.25) is 0 Å². The van der Waals surface area contributed by atoms with Crippen LogP contribution in [0.25, 0.3) is 0 Å². The number of carboxylic acid groups (broad SMARTS) is 1. The number of aliphatic hydroxyl groups excluding tert-OH is 4. The first kappa shape index (κ1) is 16.5. The van der Waals surface area contributed by atoms with E-state index in [1.807, 2.05) is 0 Å². The average molecular weight is 320 g/mol. The van der Waals surface area contributed by atoms with E-state index >= 15 is 0 Å². The molecule has 0 aromatic rings. The van der Waals surface area contributed by atoms with Gasteiger partial charge in [-0.1, -0.05) is 0 Å². The van der Waals surface area contributed by atoms with Crippen LogP contribution in [0.3, 0.4) is 0 Å². The maximum absolute atomic E-state index is 10.3. The van der Waals surface area contributed by atoms with Gasteiger partial charge in [0, 0.05) is 0 Å². The Morgan fingerprint density at radius 2 is 1.59 bits per heavy atom. The minimum absolute atomic E-state index is 1.02. The van der Waals surface area contributed by atoms with E-state index in [-0.39, 0.29) is 0 Å². The molecule has 102 valence electrons. The molecular weight excluding hydrogens is 307 g/mol. The van der Waals surface area contributed by atoms with Crippen molar-refractivity contribution < 1.29 is 46.0 Å². The van der Waals surface area contributed by atoms with Gasteiger partial charge in [-0.15, -0.1) is 0 Å². The predicted molar refractivity (Wildman–Crippen MR) is 48.5 cm³/mol. The van der Waals surface area contributed by atoms with Crippen LogP contribution in [0.15, 0.2) is 0 Å². The van der Waals surface area contributed by atoms with Crippen molar-refractivity contribution in [2.75, 3.05) is 6.61 Å². The van der Waals surface area contributed by atoms with Gasteiger partial charge in [-0.2, -0.15) is 0 Å². The molecule has 0 rings (SSSR count). The van der Waals surface area contributed by atoms with Crippen molar-refractivity contribution in [3.8, 4) is 0 Å². The van der Waals surface area contributed by atoms with Crippen molar-refractivity contribution in [1.29, 1.82) is 0 Å². The zero-order valence-corrected chi connectivity index (χ0v) is 10.2. The van der Waals surface area contributed by atoms with Gasteiger partial charge in [-0.3, -0.25) is 0 Å². The Bertz CT molecular complexity index is 299. The van der Waals surface area contributed by atoms with Crippen LogP contribution < -0.4 is 0 Å². The molecule has 0 bridgehead atoms. The molecule has 0 heterocycles. The fourth-order valence-electron chi connectivity index (χ4n) is 0.833. The zero-order chi connectivity index (χ0) is 13.8. The number of hydrogen-bond donors (Lipinski definition) is 7. The van der Waals surface area contributed by atoms with Gasteiger partial charge in [0.15, 0.2) is 0 Å². The Balaban J connectivity index is 4.34. The molecular formula is C6H13AsO10. The summed E-state index contributed by atoms with van der Waals surface area (Å²) >= 11 is -5.45. The molecule has 0 aromatic heterocycles. The molecule has 0 aliphatic carbocycles. The van der Waals surface area contributed by atoms with Crippen LogP contribution in [0.1, 0.15) is 0 Å². The van der Waals surface area contributed by atoms with Crippen molar-refractivity contribution in [2.24, 2.45) is 0 Å². The molecule has 0 spiro atoms. The van der Waals surface area contributed by atoms with Crippen LogP contribution in [0.4, 0.5) is 0 Å². The molecule has 0 saturated carbocycles. The number of carbonyl (C=O) groups is 1. The zero-order valence-electron chi connectivity index (χ0n) is 8.32. The average Bonchev–Trinajstić information content (AvgIpc) is 2.21. The third-order valence-electron chi connectivity index (χ3n) is 1.73. The van der Waals surface area contributed by atoms with Gasteiger partial charge in [0.25, 0.3) is 0 Å². The first-order valence-electron chi connectivity index (χ1n) is 4.21. The Morgan fingerprint density at radius 1 is 1.12 bits per heavy atom. The van der Waals surface area contributed by atoms with Crippen LogP contribution >= 0.6 is 0 Å². The summed E-state index contributed by atoms with van der Waals surface area (Å²) in [4.78, 5) is 10.2. The molecule has 4 atom stereocenters. The Morgan fingerprint density at radius 3 is 1.94 bits per heavy atom. The molecule has 0 amide bonds. The standard InChI is InChI=1S/C6H13AsO10/c8-2(1-17-7(14,15)16)3(9)4(10)5(11)6(12)13/h2-5,8-11H,1H2,(H,12,13)(H2,14,15,16)/t2-,3-,4+,5-/m1/s1. The quantitative estimate of drug-likeness (QED) is 0.225. The van der Waals surface area contributed by atoms with Crippen molar-refractivity contribution in [3.05, 3.63) is 0 Å². The number of hydrogen-bond acceptors (Lipinski definition) is 7. The summed E-state index contributed by atoms with van der Waals surface area (Å²) in [5, 5.41) is 44.5. The van der Waals surface area contributed by atoms with E-state index in [4.69, 9.17) is 33.7 Å². The second kappa shape index (κ2) is 6.47. The van der Waals surface area contributed by atoms with Gasteiger partial charge >= 0.3 is 97.5 Å². The van der Waals surface area contributed by atoms with Crippen molar-refractivity contribution in [1.82, 2.24) is 0 Å². The van der Waals surface area contributed by atoms with E-state index in [0.717, 1.165) is 0 Å². The summed E-state index contributed by atoms with van der Waals surface area (Å²) in [6.07, 6.45) is -8.67. The Kier molecular flexibility index (Phi) is 6.30. The van der Waals surface area contributed by atoms with Crippen molar-refractivity contribution >= 4 is 20.5 Å². The van der Waals surface area contributed by atoms with Crippen LogP contribution in [0.5, 0.6) is 0 Å². The Labute approximate surface area is 98.1 Å². The van der Waals surface area contributed by atoms with Crippen LogP contribution in [-0.2, 0) is 12.3 Å². The van der Waals surface area contributed by atoms with E-state index < -0.39 is 51.5 Å². The van der Waals surface area contributed by atoms with E-state index in [1.54, 1.807) is 0 Å². The summed E-state index contributed by atoms with van der Waals surface area (Å²) in [7, 11) is 0. The SMILES string of the molecule is O=C(O)[C@H](O)[C@@H](O)[C@H](O)[C@H](O)CO[As](=O)(O)O. The summed E-state index contributed by atoms with van der Waals surface area (Å²) in [5.41, 5.74) is 0. The van der Waals surface area contributed by atoms with Gasteiger partial charge in [-0.05, 0) is 0 Å². The van der Waals surface area contributed by atoms with Crippen molar-refractivity contribution in [3.63, 3.8) is 0 Å². The molecule has 10 nitrogen and oxygen atoms in total. The second-order valence-corrected chi connectivity index (χ2v) is 5.72. The summed E-state index contributed by atoms with van der Waals surface area (Å²) in [6, 6.07) is 0. The second-order valence-electron chi connectivity index (χ2n) is 3.12. The predicted octanol–water partition coefficient (Wildman–Crippen LogP) is -4.62. The Hall–Kier alpha value is -0.452. The first-order valence-corrected chi connectivity index (χ1v) is 7.42. The third kappa shape index (κ3) is 6.15. The van der Waals surface area contributed by atoms with E-state index in [9.17, 15) is 8.53 Å². The molecule has 0 aliphatic heterocycles. The van der Waals surface area contributed by atoms with Gasteiger partial charge in [0.05, 0.1) is 0 Å². The van der Waals surface area contributed by atoms with Crippen molar-refractivity contribution in [2.45, 2.75) is 24.4 Å². The molecule has 0 unspecified atom stereocenters. The molecule has 11 heteroatoms. The van der Waals surface area contributed by atoms with Gasteiger partial charge in [-0.25, -0.2) is 0 Å². The van der Waals surface area contributed by atoms with Crippen LogP contribution in [0, 0.1) is 0 Å².